The molecule has 3 nitrogen and oxygen atoms in total. The van der Waals surface area contributed by atoms with Gasteiger partial charge in [-0.3, -0.25) is 4.68 Å². The minimum atomic E-state index is 0.150. The molecular formula is C11H19N3. The van der Waals surface area contributed by atoms with Gasteiger partial charge in [0.25, 0.3) is 0 Å². The Morgan fingerprint density at radius 1 is 1.57 bits per heavy atom. The zero-order valence-corrected chi connectivity index (χ0v) is 9.30. The van der Waals surface area contributed by atoms with Crippen molar-refractivity contribution in [3.63, 3.8) is 0 Å². The summed E-state index contributed by atoms with van der Waals surface area (Å²) < 4.78 is 2.13. The maximum Gasteiger partial charge on any atom is 0.0682 e. The second-order valence-corrected chi connectivity index (χ2v) is 4.64. The van der Waals surface area contributed by atoms with E-state index in [-0.39, 0.29) is 5.54 Å². The molecule has 0 atom stereocenters. The van der Waals surface area contributed by atoms with E-state index in [9.17, 15) is 0 Å². The van der Waals surface area contributed by atoms with Crippen LogP contribution < -0.4 is 5.32 Å². The third kappa shape index (κ3) is 1.57. The van der Waals surface area contributed by atoms with E-state index in [0.717, 1.165) is 25.9 Å². The average Bonchev–Trinajstić information content (AvgIpc) is 2.61. The van der Waals surface area contributed by atoms with Crippen LogP contribution in [0.2, 0.25) is 0 Å². The van der Waals surface area contributed by atoms with Gasteiger partial charge >= 0.3 is 0 Å². The molecule has 2 heterocycles. The highest BCUT2D eigenvalue weighted by atomic mass is 15.3. The van der Waals surface area contributed by atoms with Crippen molar-refractivity contribution in [2.24, 2.45) is 0 Å². The average molecular weight is 193 g/mol. The van der Waals surface area contributed by atoms with Crippen molar-refractivity contribution < 1.29 is 0 Å². The smallest absolute Gasteiger partial charge is 0.0682 e. The molecule has 3 heteroatoms. The molecule has 0 amide bonds. The van der Waals surface area contributed by atoms with Gasteiger partial charge in [-0.05, 0) is 20.3 Å². The first kappa shape index (κ1) is 9.71. The fourth-order valence-electron chi connectivity index (χ4n) is 1.71. The highest BCUT2D eigenvalue weighted by Gasteiger charge is 2.22. The summed E-state index contributed by atoms with van der Waals surface area (Å²) in [5, 5.41) is 8.04. The van der Waals surface area contributed by atoms with Crippen molar-refractivity contribution in [3.05, 3.63) is 17.5 Å². The molecule has 0 saturated heterocycles. The lowest BCUT2D eigenvalue weighted by Crippen LogP contribution is -2.25. The molecule has 14 heavy (non-hydrogen) atoms. The molecule has 0 aliphatic carbocycles. The highest BCUT2D eigenvalue weighted by Crippen LogP contribution is 2.21. The van der Waals surface area contributed by atoms with Crippen LogP contribution in [0.4, 0.5) is 0 Å². The summed E-state index contributed by atoms with van der Waals surface area (Å²) in [6, 6.07) is 0. The Morgan fingerprint density at radius 2 is 2.36 bits per heavy atom. The van der Waals surface area contributed by atoms with Gasteiger partial charge in [0, 0.05) is 31.3 Å². The highest BCUT2D eigenvalue weighted by molar-refractivity contribution is 5.20. The first-order chi connectivity index (χ1) is 6.63. The van der Waals surface area contributed by atoms with Gasteiger partial charge in [0.1, 0.15) is 0 Å². The molecule has 0 saturated carbocycles. The first-order valence-electron chi connectivity index (χ1n) is 5.42. The van der Waals surface area contributed by atoms with Gasteiger partial charge in [-0.15, -0.1) is 0 Å². The van der Waals surface area contributed by atoms with Gasteiger partial charge in [-0.2, -0.15) is 5.10 Å². The monoisotopic (exact) mass is 193 g/mol. The van der Waals surface area contributed by atoms with E-state index < -0.39 is 0 Å². The van der Waals surface area contributed by atoms with Crippen LogP contribution >= 0.6 is 0 Å². The molecule has 78 valence electrons. The molecule has 1 aliphatic heterocycles. The summed E-state index contributed by atoms with van der Waals surface area (Å²) in [6.45, 7) is 8.72. The molecule has 1 aromatic heterocycles. The van der Waals surface area contributed by atoms with Crippen LogP contribution in [0.1, 0.15) is 38.4 Å². The number of hydrogen-bond donors (Lipinski definition) is 1. The van der Waals surface area contributed by atoms with Crippen molar-refractivity contribution in [1.29, 1.82) is 0 Å². The molecule has 0 bridgehead atoms. The van der Waals surface area contributed by atoms with Crippen LogP contribution in [0, 0.1) is 0 Å². The Morgan fingerprint density at radius 3 is 3.00 bits per heavy atom. The number of nitrogens with zero attached hydrogens (tertiary/aromatic N) is 2. The maximum absolute atomic E-state index is 4.67. The number of hydrogen-bond acceptors (Lipinski definition) is 2. The van der Waals surface area contributed by atoms with E-state index in [1.54, 1.807) is 0 Å². The fraction of sp³-hybridized carbons (Fsp3) is 0.727. The van der Waals surface area contributed by atoms with Gasteiger partial charge < -0.3 is 5.32 Å². The van der Waals surface area contributed by atoms with Crippen LogP contribution in [-0.4, -0.2) is 16.3 Å². The van der Waals surface area contributed by atoms with Crippen molar-refractivity contribution >= 4 is 0 Å². The van der Waals surface area contributed by atoms with Gasteiger partial charge in [0.15, 0.2) is 0 Å². The summed E-state index contributed by atoms with van der Waals surface area (Å²) in [4.78, 5) is 0. The fourth-order valence-corrected chi connectivity index (χ4v) is 1.71. The van der Waals surface area contributed by atoms with E-state index >= 15 is 0 Å². The van der Waals surface area contributed by atoms with E-state index in [2.05, 4.69) is 42.1 Å². The second-order valence-electron chi connectivity index (χ2n) is 4.64. The zero-order valence-electron chi connectivity index (χ0n) is 9.30. The van der Waals surface area contributed by atoms with Crippen LogP contribution in [0.3, 0.4) is 0 Å². The Kier molecular flexibility index (Phi) is 2.35. The zero-order chi connectivity index (χ0) is 10.2. The summed E-state index contributed by atoms with van der Waals surface area (Å²) in [6.07, 6.45) is 4.38. The summed E-state index contributed by atoms with van der Waals surface area (Å²) in [5.41, 5.74) is 2.81. The number of aromatic nitrogens is 2. The van der Waals surface area contributed by atoms with Crippen molar-refractivity contribution in [2.45, 2.75) is 45.7 Å². The van der Waals surface area contributed by atoms with Gasteiger partial charge in [0.05, 0.1) is 11.2 Å². The molecule has 1 aromatic rings. The number of fused-ring (bicyclic) bond motifs is 1. The van der Waals surface area contributed by atoms with E-state index in [1.165, 1.54) is 11.3 Å². The number of nitrogens with one attached hydrogen (secondary N) is 1. The molecule has 0 fully saturated rings. The quantitative estimate of drug-likeness (QED) is 0.774. The first-order valence-corrected chi connectivity index (χ1v) is 5.42. The van der Waals surface area contributed by atoms with Gasteiger partial charge in [0.2, 0.25) is 0 Å². The standard InChI is InChI=1S/C11H19N3/c1-4-11(2,3)14-8-9-7-12-6-5-10(9)13-14/h8,12H,4-7H2,1-3H3. The van der Waals surface area contributed by atoms with Crippen LogP contribution in [0.25, 0.3) is 0 Å². The lowest BCUT2D eigenvalue weighted by molar-refractivity contribution is 0.306. The molecule has 1 aliphatic rings. The number of rotatable bonds is 2. The molecule has 0 spiro atoms. The predicted octanol–water partition coefficient (Wildman–Crippen LogP) is 1.67. The normalized spacial score (nSPS) is 16.8. The van der Waals surface area contributed by atoms with E-state index in [4.69, 9.17) is 0 Å². The third-order valence-electron chi connectivity index (χ3n) is 3.22. The lowest BCUT2D eigenvalue weighted by Gasteiger charge is -2.23. The van der Waals surface area contributed by atoms with Gasteiger partial charge in [-0.1, -0.05) is 6.92 Å². The Labute approximate surface area is 85.5 Å². The molecule has 1 N–H and O–H groups in total. The summed E-state index contributed by atoms with van der Waals surface area (Å²) in [5.74, 6) is 0. The van der Waals surface area contributed by atoms with Crippen LogP contribution in [0.5, 0.6) is 0 Å². The maximum atomic E-state index is 4.67. The Balaban J connectivity index is 2.32. The predicted molar refractivity (Wildman–Crippen MR) is 57.3 cm³/mol. The Bertz CT molecular complexity index is 302. The largest absolute Gasteiger partial charge is 0.312 e. The van der Waals surface area contributed by atoms with Crippen molar-refractivity contribution in [1.82, 2.24) is 15.1 Å². The van der Waals surface area contributed by atoms with E-state index in [1.807, 2.05) is 0 Å². The van der Waals surface area contributed by atoms with Crippen LogP contribution in [0.15, 0.2) is 6.20 Å². The van der Waals surface area contributed by atoms with Crippen molar-refractivity contribution in [3.8, 4) is 0 Å². The molecule has 0 radical (unpaired) electrons. The lowest BCUT2D eigenvalue weighted by atomic mass is 10.0. The molecule has 0 unspecified atom stereocenters. The van der Waals surface area contributed by atoms with Crippen LogP contribution in [-0.2, 0) is 18.5 Å². The summed E-state index contributed by atoms with van der Waals surface area (Å²) >= 11 is 0. The Hall–Kier alpha value is -0.830. The third-order valence-corrected chi connectivity index (χ3v) is 3.22. The van der Waals surface area contributed by atoms with Crippen molar-refractivity contribution in [2.75, 3.05) is 6.54 Å². The molecular weight excluding hydrogens is 174 g/mol. The summed E-state index contributed by atoms with van der Waals surface area (Å²) in [7, 11) is 0. The topological polar surface area (TPSA) is 29.9 Å². The minimum absolute atomic E-state index is 0.150. The minimum Gasteiger partial charge on any atom is -0.312 e. The molecule has 0 aromatic carbocycles. The molecule has 2 rings (SSSR count). The second kappa shape index (κ2) is 3.39. The van der Waals surface area contributed by atoms with E-state index in [0.29, 0.717) is 0 Å². The van der Waals surface area contributed by atoms with Gasteiger partial charge in [-0.25, -0.2) is 0 Å². The SMILES string of the molecule is CCC(C)(C)n1cc2c(n1)CCNC2.